The molecule has 0 aromatic carbocycles. The first kappa shape index (κ1) is 13.8. The Morgan fingerprint density at radius 3 is 2.68 bits per heavy atom. The minimum absolute atomic E-state index is 0.198. The largest absolute Gasteiger partial charge is 0.369 e. The van der Waals surface area contributed by atoms with Crippen molar-refractivity contribution in [2.75, 3.05) is 0 Å². The fraction of sp³-hybridized carbons (Fsp3) is 0.462. The van der Waals surface area contributed by atoms with Gasteiger partial charge < -0.3 is 11.1 Å². The maximum atomic E-state index is 12.0. The Morgan fingerprint density at radius 2 is 2.05 bits per heavy atom. The van der Waals surface area contributed by atoms with Gasteiger partial charge in [0.05, 0.1) is 10.9 Å². The average Bonchev–Trinajstić information content (AvgIpc) is 2.39. The highest BCUT2D eigenvalue weighted by Gasteiger charge is 2.30. The van der Waals surface area contributed by atoms with Crippen LogP contribution in [0.5, 0.6) is 0 Å². The molecule has 1 fully saturated rings. The van der Waals surface area contributed by atoms with E-state index < -0.39 is 0 Å². The van der Waals surface area contributed by atoms with Crippen molar-refractivity contribution in [1.82, 2.24) is 10.3 Å². The minimum atomic E-state index is -0.353. The molecule has 2 atom stereocenters. The van der Waals surface area contributed by atoms with Crippen LogP contribution in [-0.2, 0) is 4.79 Å². The molecule has 2 amide bonds. The Labute approximate surface area is 116 Å². The number of nitrogens with one attached hydrogen (secondary N) is 1. The normalized spacial score (nSPS) is 22.8. The number of pyridine rings is 1. The summed E-state index contributed by atoms with van der Waals surface area (Å²) in [6.45, 7) is 0. The Kier molecular flexibility index (Phi) is 4.37. The molecule has 0 aliphatic heterocycles. The Bertz CT molecular complexity index is 475. The topological polar surface area (TPSA) is 85.1 Å². The average molecular weight is 282 g/mol. The first-order valence-electron chi connectivity index (χ1n) is 6.29. The molecule has 1 aromatic rings. The molecule has 6 heteroatoms. The van der Waals surface area contributed by atoms with Gasteiger partial charge in [0.15, 0.2) is 0 Å². The molecule has 1 aromatic heterocycles. The molecule has 0 radical (unpaired) electrons. The predicted octanol–water partition coefficient (Wildman–Crippen LogP) is 1.51. The molecule has 1 aliphatic rings. The maximum absolute atomic E-state index is 12.0. The van der Waals surface area contributed by atoms with Crippen molar-refractivity contribution in [3.05, 3.63) is 29.0 Å². The van der Waals surface area contributed by atoms with Crippen LogP contribution in [0.3, 0.4) is 0 Å². The molecule has 0 bridgehead atoms. The third-order valence-electron chi connectivity index (χ3n) is 3.41. The van der Waals surface area contributed by atoms with E-state index in [0.29, 0.717) is 5.02 Å². The summed E-state index contributed by atoms with van der Waals surface area (Å²) >= 11 is 5.72. The van der Waals surface area contributed by atoms with Gasteiger partial charge in [0.25, 0.3) is 5.91 Å². The van der Waals surface area contributed by atoms with Crippen molar-refractivity contribution in [3.8, 4) is 0 Å². The monoisotopic (exact) mass is 281 g/mol. The minimum Gasteiger partial charge on any atom is -0.369 e. The van der Waals surface area contributed by atoms with Crippen LogP contribution in [-0.4, -0.2) is 22.8 Å². The fourth-order valence-corrected chi connectivity index (χ4v) is 2.51. The number of primary amides is 1. The summed E-state index contributed by atoms with van der Waals surface area (Å²) in [5.41, 5.74) is 5.66. The first-order chi connectivity index (χ1) is 9.08. The van der Waals surface area contributed by atoms with Gasteiger partial charge in [0.1, 0.15) is 5.69 Å². The Balaban J connectivity index is 2.04. The summed E-state index contributed by atoms with van der Waals surface area (Å²) < 4.78 is 0. The lowest BCUT2D eigenvalue weighted by Gasteiger charge is -2.29. The molecule has 102 valence electrons. The Morgan fingerprint density at radius 1 is 1.32 bits per heavy atom. The zero-order valence-corrected chi connectivity index (χ0v) is 11.2. The molecule has 1 heterocycles. The number of hydrogen-bond donors (Lipinski definition) is 2. The second kappa shape index (κ2) is 6.02. The van der Waals surface area contributed by atoms with Gasteiger partial charge in [-0.1, -0.05) is 24.4 Å². The smallest absolute Gasteiger partial charge is 0.270 e. The van der Waals surface area contributed by atoms with E-state index in [1.165, 1.54) is 6.20 Å². The molecular weight excluding hydrogens is 266 g/mol. The van der Waals surface area contributed by atoms with Crippen molar-refractivity contribution in [2.45, 2.75) is 31.7 Å². The second-order valence-electron chi connectivity index (χ2n) is 4.73. The third-order valence-corrected chi connectivity index (χ3v) is 3.63. The summed E-state index contributed by atoms with van der Waals surface area (Å²) in [5, 5.41) is 3.32. The summed E-state index contributed by atoms with van der Waals surface area (Å²) in [6, 6.07) is 2.96. The summed E-state index contributed by atoms with van der Waals surface area (Å²) in [4.78, 5) is 27.3. The lowest BCUT2D eigenvalue weighted by molar-refractivity contribution is -0.123. The van der Waals surface area contributed by atoms with Crippen molar-refractivity contribution in [2.24, 2.45) is 11.7 Å². The number of rotatable bonds is 3. The fourth-order valence-electron chi connectivity index (χ4n) is 2.40. The number of carbonyl (C=O) groups excluding carboxylic acids is 2. The molecular formula is C13H16ClN3O2. The second-order valence-corrected chi connectivity index (χ2v) is 5.17. The van der Waals surface area contributed by atoms with Crippen LogP contribution < -0.4 is 11.1 Å². The number of nitrogens with two attached hydrogens (primary N) is 1. The highest BCUT2D eigenvalue weighted by molar-refractivity contribution is 6.30. The van der Waals surface area contributed by atoms with Gasteiger partial charge in [-0.3, -0.25) is 9.59 Å². The van der Waals surface area contributed by atoms with Crippen molar-refractivity contribution in [3.63, 3.8) is 0 Å². The predicted molar refractivity (Wildman–Crippen MR) is 71.7 cm³/mol. The summed E-state index contributed by atoms with van der Waals surface area (Å²) in [7, 11) is 0. The first-order valence-corrected chi connectivity index (χ1v) is 6.67. The van der Waals surface area contributed by atoms with E-state index in [2.05, 4.69) is 10.3 Å². The number of halogens is 1. The van der Waals surface area contributed by atoms with Gasteiger partial charge in [-0.2, -0.15) is 0 Å². The van der Waals surface area contributed by atoms with Gasteiger partial charge in [-0.15, -0.1) is 0 Å². The molecule has 0 saturated heterocycles. The molecule has 2 rings (SSSR count). The van der Waals surface area contributed by atoms with Gasteiger partial charge in [-0.05, 0) is 25.0 Å². The number of aromatic nitrogens is 1. The SMILES string of the molecule is NC(=O)[C@@H]1CCCC[C@H]1NC(=O)c1ccc(Cl)cn1. The van der Waals surface area contributed by atoms with Crippen molar-refractivity contribution < 1.29 is 9.59 Å². The standard InChI is InChI=1S/C13H16ClN3O2/c14-8-5-6-11(16-7-8)13(19)17-10-4-2-1-3-9(10)12(15)18/h5-7,9-10H,1-4H2,(H2,15,18)(H,17,19)/t9-,10-/m1/s1. The van der Waals surface area contributed by atoms with Crippen LogP contribution in [0, 0.1) is 5.92 Å². The number of hydrogen-bond acceptors (Lipinski definition) is 3. The number of amides is 2. The van der Waals surface area contributed by atoms with E-state index >= 15 is 0 Å². The van der Waals surface area contributed by atoms with E-state index in [9.17, 15) is 9.59 Å². The molecule has 19 heavy (non-hydrogen) atoms. The molecule has 1 aliphatic carbocycles. The Hall–Kier alpha value is -1.62. The molecule has 3 N–H and O–H groups in total. The van der Waals surface area contributed by atoms with Crippen LogP contribution >= 0.6 is 11.6 Å². The molecule has 0 spiro atoms. The van der Waals surface area contributed by atoms with Crippen LogP contribution in [0.2, 0.25) is 5.02 Å². The summed E-state index contributed by atoms with van der Waals surface area (Å²) in [6.07, 6.45) is 4.88. The highest BCUT2D eigenvalue weighted by Crippen LogP contribution is 2.24. The van der Waals surface area contributed by atoms with Gasteiger partial charge in [-0.25, -0.2) is 4.98 Å². The zero-order valence-electron chi connectivity index (χ0n) is 10.4. The van der Waals surface area contributed by atoms with E-state index in [1.54, 1.807) is 12.1 Å². The van der Waals surface area contributed by atoms with Crippen LogP contribution in [0.1, 0.15) is 36.2 Å². The molecule has 5 nitrogen and oxygen atoms in total. The number of carbonyl (C=O) groups is 2. The van der Waals surface area contributed by atoms with Gasteiger partial charge >= 0.3 is 0 Å². The van der Waals surface area contributed by atoms with Crippen molar-refractivity contribution >= 4 is 23.4 Å². The van der Waals surface area contributed by atoms with Crippen molar-refractivity contribution in [1.29, 1.82) is 0 Å². The number of nitrogens with zero attached hydrogens (tertiary/aromatic N) is 1. The van der Waals surface area contributed by atoms with Crippen LogP contribution in [0.4, 0.5) is 0 Å². The van der Waals surface area contributed by atoms with E-state index in [-0.39, 0.29) is 29.5 Å². The van der Waals surface area contributed by atoms with E-state index in [0.717, 1.165) is 25.7 Å². The highest BCUT2D eigenvalue weighted by atomic mass is 35.5. The van der Waals surface area contributed by atoms with Crippen LogP contribution in [0.25, 0.3) is 0 Å². The quantitative estimate of drug-likeness (QED) is 0.881. The van der Waals surface area contributed by atoms with E-state index in [4.69, 9.17) is 17.3 Å². The molecule has 0 unspecified atom stereocenters. The van der Waals surface area contributed by atoms with E-state index in [1.807, 2.05) is 0 Å². The summed E-state index contributed by atoms with van der Waals surface area (Å²) in [5.74, 6) is -0.936. The van der Waals surface area contributed by atoms with Gasteiger partial charge in [0, 0.05) is 12.2 Å². The zero-order chi connectivity index (χ0) is 13.8. The maximum Gasteiger partial charge on any atom is 0.270 e. The lowest BCUT2D eigenvalue weighted by atomic mass is 9.84. The lowest BCUT2D eigenvalue weighted by Crippen LogP contribution is -2.47. The van der Waals surface area contributed by atoms with Crippen LogP contribution in [0.15, 0.2) is 18.3 Å². The van der Waals surface area contributed by atoms with Gasteiger partial charge in [0.2, 0.25) is 5.91 Å². The molecule has 1 saturated carbocycles. The third kappa shape index (κ3) is 3.44.